The van der Waals surface area contributed by atoms with Crippen molar-refractivity contribution >= 4 is 0 Å². The molecule has 1 spiro atoms. The lowest BCUT2D eigenvalue weighted by molar-refractivity contribution is -0.114. The first kappa shape index (κ1) is 11.7. The third kappa shape index (κ3) is 0.943. The van der Waals surface area contributed by atoms with Crippen LogP contribution < -0.4 is 0 Å². The van der Waals surface area contributed by atoms with Gasteiger partial charge in [-0.05, 0) is 43.4 Å². The summed E-state index contributed by atoms with van der Waals surface area (Å²) in [6.07, 6.45) is 4.51. The maximum absolute atomic E-state index is 11.2. The average Bonchev–Trinajstić information content (AvgIpc) is 2.45. The summed E-state index contributed by atoms with van der Waals surface area (Å²) in [5, 5.41) is 21.9. The summed E-state index contributed by atoms with van der Waals surface area (Å²) in [6, 6.07) is 0. The Labute approximate surface area is 104 Å². The molecule has 96 valence electrons. The van der Waals surface area contributed by atoms with Gasteiger partial charge in [0.25, 0.3) is 0 Å². The molecule has 0 radical (unpaired) electrons. The van der Waals surface area contributed by atoms with Crippen LogP contribution in [0.15, 0.2) is 11.6 Å². The van der Waals surface area contributed by atoms with Gasteiger partial charge in [0.15, 0.2) is 0 Å². The quantitative estimate of drug-likeness (QED) is 0.634. The summed E-state index contributed by atoms with van der Waals surface area (Å²) in [5.41, 5.74) is 0.126. The maximum Gasteiger partial charge on any atom is 0.0800 e. The van der Waals surface area contributed by atoms with E-state index in [2.05, 4.69) is 33.8 Å². The number of aliphatic hydroxyl groups is 2. The molecular formula is C15H24O2. The Morgan fingerprint density at radius 1 is 1.35 bits per heavy atom. The van der Waals surface area contributed by atoms with Crippen LogP contribution in [0.25, 0.3) is 0 Å². The van der Waals surface area contributed by atoms with Crippen LogP contribution in [0, 0.1) is 22.7 Å². The molecule has 0 aliphatic heterocycles. The Morgan fingerprint density at radius 3 is 2.65 bits per heavy atom. The number of rotatable bonds is 0. The number of hydrogen-bond acceptors (Lipinski definition) is 2. The zero-order chi connectivity index (χ0) is 12.6. The SMILES string of the molecule is CC1=CC[C@H]2C[C@]3(O)[C@H](C)CC(O)C13C2(C)C. The standard InChI is InChI=1S/C15H24O2/c1-9-5-6-11-8-14(17)10(2)7-12(16)15(9,14)13(11,3)4/h5,10-12,16-17H,6-8H2,1-4H3/t10-,11+,12?,14+,15?/m1/s1. The van der Waals surface area contributed by atoms with E-state index in [0.29, 0.717) is 5.92 Å². The van der Waals surface area contributed by atoms with Crippen LogP contribution in [0.5, 0.6) is 0 Å². The summed E-state index contributed by atoms with van der Waals surface area (Å²) in [5.74, 6) is 0.705. The predicted octanol–water partition coefficient (Wildman–Crippen LogP) is 2.50. The molecule has 3 aliphatic rings. The summed E-state index contributed by atoms with van der Waals surface area (Å²) < 4.78 is 0. The molecule has 2 N–H and O–H groups in total. The van der Waals surface area contributed by atoms with E-state index >= 15 is 0 Å². The first-order valence-corrected chi connectivity index (χ1v) is 6.86. The molecule has 17 heavy (non-hydrogen) atoms. The van der Waals surface area contributed by atoms with Gasteiger partial charge >= 0.3 is 0 Å². The van der Waals surface area contributed by atoms with Gasteiger partial charge in [0.05, 0.1) is 17.1 Å². The number of fused-ring (bicyclic) bond motifs is 1. The number of hydrogen-bond donors (Lipinski definition) is 2. The van der Waals surface area contributed by atoms with E-state index < -0.39 is 11.0 Å². The van der Waals surface area contributed by atoms with Crippen LogP contribution in [-0.4, -0.2) is 21.9 Å². The van der Waals surface area contributed by atoms with E-state index in [0.717, 1.165) is 19.3 Å². The molecule has 0 aromatic carbocycles. The second-order valence-electron chi connectivity index (χ2n) is 7.13. The van der Waals surface area contributed by atoms with E-state index in [4.69, 9.17) is 0 Å². The van der Waals surface area contributed by atoms with Crippen LogP contribution in [-0.2, 0) is 0 Å². The van der Waals surface area contributed by atoms with Crippen molar-refractivity contribution in [1.29, 1.82) is 0 Å². The van der Waals surface area contributed by atoms with Crippen LogP contribution in [0.4, 0.5) is 0 Å². The zero-order valence-corrected chi connectivity index (χ0v) is 11.3. The molecule has 2 saturated carbocycles. The fourth-order valence-corrected chi connectivity index (χ4v) is 5.66. The zero-order valence-electron chi connectivity index (χ0n) is 11.3. The molecule has 3 aliphatic carbocycles. The van der Waals surface area contributed by atoms with Crippen molar-refractivity contribution < 1.29 is 10.2 Å². The lowest BCUT2D eigenvalue weighted by atomic mass is 9.54. The van der Waals surface area contributed by atoms with Crippen molar-refractivity contribution in [1.82, 2.24) is 0 Å². The highest BCUT2D eigenvalue weighted by Gasteiger charge is 2.76. The Kier molecular flexibility index (Phi) is 2.05. The molecule has 3 rings (SSSR count). The second kappa shape index (κ2) is 2.97. The van der Waals surface area contributed by atoms with Gasteiger partial charge in [0.2, 0.25) is 0 Å². The first-order valence-electron chi connectivity index (χ1n) is 6.86. The molecule has 2 bridgehead atoms. The van der Waals surface area contributed by atoms with Crippen molar-refractivity contribution in [2.45, 2.75) is 58.7 Å². The van der Waals surface area contributed by atoms with E-state index in [1.165, 1.54) is 5.57 Å². The molecule has 0 amide bonds. The molecule has 2 heteroatoms. The van der Waals surface area contributed by atoms with Gasteiger partial charge in [-0.2, -0.15) is 0 Å². The van der Waals surface area contributed by atoms with E-state index in [1.54, 1.807) is 0 Å². The molecule has 0 saturated heterocycles. The molecule has 2 unspecified atom stereocenters. The fourth-order valence-electron chi connectivity index (χ4n) is 5.66. The minimum atomic E-state index is -0.697. The van der Waals surface area contributed by atoms with Crippen LogP contribution >= 0.6 is 0 Å². The van der Waals surface area contributed by atoms with E-state index in [9.17, 15) is 10.2 Å². The molecule has 0 aromatic heterocycles. The summed E-state index contributed by atoms with van der Waals surface area (Å²) in [7, 11) is 0. The summed E-state index contributed by atoms with van der Waals surface area (Å²) in [4.78, 5) is 0. The van der Waals surface area contributed by atoms with Crippen LogP contribution in [0.2, 0.25) is 0 Å². The van der Waals surface area contributed by atoms with Crippen molar-refractivity contribution in [3.63, 3.8) is 0 Å². The number of allylic oxidation sites excluding steroid dienone is 1. The summed E-state index contributed by atoms with van der Waals surface area (Å²) >= 11 is 0. The minimum Gasteiger partial charge on any atom is -0.392 e. The summed E-state index contributed by atoms with van der Waals surface area (Å²) in [6.45, 7) is 8.69. The van der Waals surface area contributed by atoms with Gasteiger partial charge in [0.1, 0.15) is 0 Å². The van der Waals surface area contributed by atoms with Gasteiger partial charge in [-0.15, -0.1) is 0 Å². The highest BCUT2D eigenvalue weighted by atomic mass is 16.3. The van der Waals surface area contributed by atoms with Gasteiger partial charge in [-0.3, -0.25) is 0 Å². The maximum atomic E-state index is 11.2. The van der Waals surface area contributed by atoms with Crippen LogP contribution in [0.3, 0.4) is 0 Å². The molecule has 5 atom stereocenters. The third-order valence-corrected chi connectivity index (χ3v) is 6.50. The van der Waals surface area contributed by atoms with Gasteiger partial charge in [-0.1, -0.05) is 32.4 Å². The predicted molar refractivity (Wildman–Crippen MR) is 67.4 cm³/mol. The Balaban J connectivity index is 2.29. The second-order valence-corrected chi connectivity index (χ2v) is 7.13. The van der Waals surface area contributed by atoms with Crippen molar-refractivity contribution in [3.05, 3.63) is 11.6 Å². The average molecular weight is 236 g/mol. The third-order valence-electron chi connectivity index (χ3n) is 6.50. The monoisotopic (exact) mass is 236 g/mol. The molecule has 0 heterocycles. The molecule has 2 fully saturated rings. The largest absolute Gasteiger partial charge is 0.392 e. The lowest BCUT2D eigenvalue weighted by Gasteiger charge is -2.52. The first-order chi connectivity index (χ1) is 7.78. The lowest BCUT2D eigenvalue weighted by Crippen LogP contribution is -2.55. The topological polar surface area (TPSA) is 40.5 Å². The van der Waals surface area contributed by atoms with Gasteiger partial charge in [0, 0.05) is 0 Å². The molecule has 2 nitrogen and oxygen atoms in total. The van der Waals surface area contributed by atoms with Gasteiger partial charge in [-0.25, -0.2) is 0 Å². The Hall–Kier alpha value is -0.340. The molecular weight excluding hydrogens is 212 g/mol. The highest BCUT2D eigenvalue weighted by molar-refractivity contribution is 5.38. The number of aliphatic hydroxyl groups excluding tert-OH is 1. The minimum absolute atomic E-state index is 0.00472. The fraction of sp³-hybridized carbons (Fsp3) is 0.867. The van der Waals surface area contributed by atoms with E-state index in [-0.39, 0.29) is 17.4 Å². The smallest absolute Gasteiger partial charge is 0.0800 e. The van der Waals surface area contributed by atoms with Gasteiger partial charge < -0.3 is 10.2 Å². The van der Waals surface area contributed by atoms with E-state index in [1.807, 2.05) is 0 Å². The van der Waals surface area contributed by atoms with Crippen LogP contribution in [0.1, 0.15) is 47.0 Å². The molecule has 0 aromatic rings. The van der Waals surface area contributed by atoms with Crippen molar-refractivity contribution in [2.24, 2.45) is 22.7 Å². The van der Waals surface area contributed by atoms with Crippen molar-refractivity contribution in [2.75, 3.05) is 0 Å². The Morgan fingerprint density at radius 2 is 2.00 bits per heavy atom. The Bertz CT molecular complexity index is 398. The normalized spacial score (nSPS) is 55.6. The highest BCUT2D eigenvalue weighted by Crippen LogP contribution is 2.74. The van der Waals surface area contributed by atoms with Crippen molar-refractivity contribution in [3.8, 4) is 0 Å².